The molecule has 0 saturated heterocycles. The van der Waals surface area contributed by atoms with E-state index in [1.165, 1.54) is 4.88 Å². The van der Waals surface area contributed by atoms with Gasteiger partial charge in [-0.05, 0) is 30.5 Å². The maximum absolute atomic E-state index is 6.34. The topological polar surface area (TPSA) is 17.8 Å². The first-order valence-corrected chi connectivity index (χ1v) is 7.76. The first kappa shape index (κ1) is 13.0. The van der Waals surface area contributed by atoms with E-state index < -0.39 is 0 Å². The smallest absolute Gasteiger partial charge is 0.125 e. The highest BCUT2D eigenvalue weighted by atomic mass is 35.5. The molecule has 0 radical (unpaired) electrons. The molecule has 2 nitrogen and oxygen atoms in total. The fourth-order valence-electron chi connectivity index (χ4n) is 2.32. The Labute approximate surface area is 125 Å². The van der Waals surface area contributed by atoms with Gasteiger partial charge in [0.2, 0.25) is 0 Å². The lowest BCUT2D eigenvalue weighted by Crippen LogP contribution is -2.08. The maximum Gasteiger partial charge on any atom is 0.125 e. The van der Waals surface area contributed by atoms with Crippen molar-refractivity contribution in [1.29, 1.82) is 0 Å². The molecule has 98 valence electrons. The molecule has 19 heavy (non-hydrogen) atoms. The molecule has 0 saturated carbocycles. The van der Waals surface area contributed by atoms with Gasteiger partial charge in [-0.3, -0.25) is 0 Å². The minimum absolute atomic E-state index is 0.179. The van der Waals surface area contributed by atoms with Crippen LogP contribution >= 0.6 is 34.5 Å². The molecule has 0 aliphatic heterocycles. The number of aromatic nitrogens is 2. The second-order valence-corrected chi connectivity index (χ2v) is 5.98. The lowest BCUT2D eigenvalue weighted by atomic mass is 10.2. The van der Waals surface area contributed by atoms with Crippen LogP contribution < -0.4 is 0 Å². The second kappa shape index (κ2) is 5.16. The van der Waals surface area contributed by atoms with Crippen molar-refractivity contribution in [2.75, 3.05) is 0 Å². The van der Waals surface area contributed by atoms with Gasteiger partial charge in [-0.1, -0.05) is 23.7 Å². The number of nitrogens with zero attached hydrogens (tertiary/aromatic N) is 2. The van der Waals surface area contributed by atoms with E-state index in [0.717, 1.165) is 16.9 Å². The maximum atomic E-state index is 6.34. The van der Waals surface area contributed by atoms with Crippen LogP contribution in [-0.4, -0.2) is 9.55 Å². The Kier molecular flexibility index (Phi) is 3.52. The predicted octanol–water partition coefficient (Wildman–Crippen LogP) is 5.10. The van der Waals surface area contributed by atoms with Crippen molar-refractivity contribution in [2.24, 2.45) is 0 Å². The molecule has 2 heterocycles. The fourth-order valence-corrected chi connectivity index (χ4v) is 3.55. The Morgan fingerprint density at radius 2 is 2.16 bits per heavy atom. The summed E-state index contributed by atoms with van der Waals surface area (Å²) < 4.78 is 2.14. The first-order valence-electron chi connectivity index (χ1n) is 5.97. The number of halogens is 2. The van der Waals surface area contributed by atoms with Crippen LogP contribution in [0.25, 0.3) is 11.0 Å². The number of thiophene rings is 1. The van der Waals surface area contributed by atoms with Crippen molar-refractivity contribution in [2.45, 2.75) is 18.8 Å². The summed E-state index contributed by atoms with van der Waals surface area (Å²) in [5.74, 6) is 1.23. The molecule has 0 N–H and O–H groups in total. The molecule has 0 spiro atoms. The van der Waals surface area contributed by atoms with E-state index in [4.69, 9.17) is 23.2 Å². The van der Waals surface area contributed by atoms with E-state index in [1.54, 1.807) is 11.3 Å². The zero-order valence-corrected chi connectivity index (χ0v) is 12.6. The standard InChI is InChI=1S/C14H12Cl2N2S/c1-9(12-6-3-7-19-12)18-13(8-15)17-11-5-2-4-10(16)14(11)18/h2-7,9H,8H2,1H3. The number of benzene rings is 1. The number of alkyl halides is 1. The highest BCUT2D eigenvalue weighted by Crippen LogP contribution is 2.32. The Morgan fingerprint density at radius 3 is 2.84 bits per heavy atom. The number of hydrogen-bond acceptors (Lipinski definition) is 2. The molecule has 5 heteroatoms. The van der Waals surface area contributed by atoms with Crippen LogP contribution in [0.1, 0.15) is 23.7 Å². The summed E-state index contributed by atoms with van der Waals surface area (Å²) >= 11 is 14.1. The minimum Gasteiger partial charge on any atom is -0.318 e. The molecule has 3 aromatic rings. The molecule has 2 aromatic heterocycles. The van der Waals surface area contributed by atoms with Crippen LogP contribution in [-0.2, 0) is 5.88 Å². The number of rotatable bonds is 3. The summed E-state index contributed by atoms with van der Waals surface area (Å²) in [6.45, 7) is 2.15. The molecule has 0 bridgehead atoms. The zero-order chi connectivity index (χ0) is 13.4. The van der Waals surface area contributed by atoms with E-state index in [0.29, 0.717) is 10.9 Å². The van der Waals surface area contributed by atoms with Gasteiger partial charge >= 0.3 is 0 Å². The van der Waals surface area contributed by atoms with Crippen LogP contribution in [0.5, 0.6) is 0 Å². The third-order valence-corrected chi connectivity index (χ3v) is 4.78. The molecule has 3 rings (SSSR count). The lowest BCUT2D eigenvalue weighted by Gasteiger charge is -2.16. The normalized spacial score (nSPS) is 13.0. The third-order valence-electron chi connectivity index (χ3n) is 3.20. The van der Waals surface area contributed by atoms with Gasteiger partial charge in [0, 0.05) is 4.88 Å². The van der Waals surface area contributed by atoms with E-state index in [-0.39, 0.29) is 6.04 Å². The average Bonchev–Trinajstić information content (AvgIpc) is 3.05. The second-order valence-electron chi connectivity index (χ2n) is 4.33. The van der Waals surface area contributed by atoms with Gasteiger partial charge in [-0.2, -0.15) is 0 Å². The van der Waals surface area contributed by atoms with Gasteiger partial charge in [0.25, 0.3) is 0 Å². The van der Waals surface area contributed by atoms with E-state index in [2.05, 4.69) is 34.0 Å². The Hall–Kier alpha value is -1.03. The van der Waals surface area contributed by atoms with Crippen LogP contribution in [0.15, 0.2) is 35.7 Å². The van der Waals surface area contributed by atoms with Gasteiger partial charge in [0.15, 0.2) is 0 Å². The molecule has 0 amide bonds. The SMILES string of the molecule is CC(c1cccs1)n1c(CCl)nc2cccc(Cl)c21. The minimum atomic E-state index is 0.179. The Bertz CT molecular complexity index is 704. The number of fused-ring (bicyclic) bond motifs is 1. The summed E-state index contributed by atoms with van der Waals surface area (Å²) in [7, 11) is 0. The molecular weight excluding hydrogens is 299 g/mol. The zero-order valence-electron chi connectivity index (χ0n) is 10.3. The molecule has 0 aliphatic carbocycles. The lowest BCUT2D eigenvalue weighted by molar-refractivity contribution is 0.644. The van der Waals surface area contributed by atoms with E-state index in [1.807, 2.05) is 18.2 Å². The Morgan fingerprint density at radius 1 is 1.32 bits per heavy atom. The summed E-state index contributed by atoms with van der Waals surface area (Å²) in [5.41, 5.74) is 1.85. The van der Waals surface area contributed by atoms with Gasteiger partial charge in [0.1, 0.15) is 5.82 Å². The van der Waals surface area contributed by atoms with E-state index >= 15 is 0 Å². The van der Waals surface area contributed by atoms with Gasteiger partial charge in [0.05, 0.1) is 28.0 Å². The van der Waals surface area contributed by atoms with Crippen LogP contribution in [0, 0.1) is 0 Å². The highest BCUT2D eigenvalue weighted by Gasteiger charge is 2.19. The van der Waals surface area contributed by atoms with Crippen molar-refractivity contribution in [1.82, 2.24) is 9.55 Å². The summed E-state index contributed by atoms with van der Waals surface area (Å²) in [5, 5.41) is 2.79. The van der Waals surface area contributed by atoms with Crippen molar-refractivity contribution in [3.8, 4) is 0 Å². The van der Waals surface area contributed by atoms with Gasteiger partial charge in [-0.25, -0.2) is 4.98 Å². The highest BCUT2D eigenvalue weighted by molar-refractivity contribution is 7.10. The first-order chi connectivity index (χ1) is 9.22. The summed E-state index contributed by atoms with van der Waals surface area (Å²) in [6, 6.07) is 10.1. The molecule has 0 fully saturated rings. The molecule has 0 aliphatic rings. The van der Waals surface area contributed by atoms with Crippen LogP contribution in [0.2, 0.25) is 5.02 Å². The summed E-state index contributed by atoms with van der Waals surface area (Å²) in [6.07, 6.45) is 0. The third kappa shape index (κ3) is 2.16. The largest absolute Gasteiger partial charge is 0.318 e. The number of hydrogen-bond donors (Lipinski definition) is 0. The Balaban J connectivity index is 2.26. The fraction of sp³-hybridized carbons (Fsp3) is 0.214. The van der Waals surface area contributed by atoms with Crippen molar-refractivity contribution >= 4 is 45.6 Å². The number of para-hydroxylation sites is 1. The molecule has 1 aromatic carbocycles. The van der Waals surface area contributed by atoms with Gasteiger partial charge < -0.3 is 4.57 Å². The van der Waals surface area contributed by atoms with Crippen molar-refractivity contribution in [3.05, 3.63) is 51.4 Å². The summed E-state index contributed by atoms with van der Waals surface area (Å²) in [4.78, 5) is 5.84. The van der Waals surface area contributed by atoms with E-state index in [9.17, 15) is 0 Å². The predicted molar refractivity (Wildman–Crippen MR) is 82.4 cm³/mol. The molecule has 1 unspecified atom stereocenters. The van der Waals surface area contributed by atoms with Crippen LogP contribution in [0.4, 0.5) is 0 Å². The number of imidazole rings is 1. The molecular formula is C14H12Cl2N2S. The van der Waals surface area contributed by atoms with Gasteiger partial charge in [-0.15, -0.1) is 22.9 Å². The average molecular weight is 311 g/mol. The quantitative estimate of drug-likeness (QED) is 0.615. The van der Waals surface area contributed by atoms with Crippen molar-refractivity contribution in [3.63, 3.8) is 0 Å². The monoisotopic (exact) mass is 310 g/mol. The van der Waals surface area contributed by atoms with Crippen molar-refractivity contribution < 1.29 is 0 Å². The molecule has 1 atom stereocenters. The van der Waals surface area contributed by atoms with Crippen LogP contribution in [0.3, 0.4) is 0 Å².